The molecule has 0 aliphatic carbocycles. The predicted molar refractivity (Wildman–Crippen MR) is 125 cm³/mol. The van der Waals surface area contributed by atoms with Crippen LogP contribution in [0.5, 0.6) is 5.75 Å². The van der Waals surface area contributed by atoms with Gasteiger partial charge in [-0.15, -0.1) is 24.0 Å². The molecule has 3 N–H and O–H groups in total. The number of guanidine groups is 1. The van der Waals surface area contributed by atoms with Crippen LogP contribution < -0.4 is 15.8 Å². The maximum absolute atomic E-state index is 6.10. The summed E-state index contributed by atoms with van der Waals surface area (Å²) in [6.45, 7) is 9.39. The van der Waals surface area contributed by atoms with Crippen molar-refractivity contribution < 1.29 is 9.47 Å². The molecule has 3 rings (SSSR count). The van der Waals surface area contributed by atoms with Gasteiger partial charge in [-0.1, -0.05) is 19.1 Å². The van der Waals surface area contributed by atoms with Crippen LogP contribution in [0.2, 0.25) is 0 Å². The molecule has 1 aromatic carbocycles. The smallest absolute Gasteiger partial charge is 0.188 e. The van der Waals surface area contributed by atoms with E-state index in [-0.39, 0.29) is 30.1 Å². The Labute approximate surface area is 186 Å². The topological polar surface area (TPSA) is 72.1 Å². The molecular formula is C21H35IN4O2. The molecule has 158 valence electrons. The van der Waals surface area contributed by atoms with Crippen LogP contribution in [-0.4, -0.2) is 55.9 Å². The van der Waals surface area contributed by atoms with Crippen LogP contribution in [0.1, 0.15) is 43.7 Å². The molecule has 2 atom stereocenters. The average molecular weight is 502 g/mol. The number of aryl methyl sites for hydroxylation is 1. The number of likely N-dealkylation sites (tertiary alicyclic amines) is 1. The number of likely N-dealkylation sites (N-methyl/N-ethyl adjacent to an activating group) is 1. The molecule has 0 amide bonds. The van der Waals surface area contributed by atoms with E-state index in [1.54, 1.807) is 0 Å². The third kappa shape index (κ3) is 6.77. The van der Waals surface area contributed by atoms with Crippen molar-refractivity contribution >= 4 is 29.9 Å². The Morgan fingerprint density at radius 2 is 2.21 bits per heavy atom. The monoisotopic (exact) mass is 502 g/mol. The molecule has 0 aromatic heterocycles. The lowest BCUT2D eigenvalue weighted by molar-refractivity contribution is 0.0676. The molecule has 0 saturated carbocycles. The molecular weight excluding hydrogens is 467 g/mol. The van der Waals surface area contributed by atoms with Crippen molar-refractivity contribution in [3.05, 3.63) is 29.3 Å². The van der Waals surface area contributed by atoms with Gasteiger partial charge in [0.05, 0.1) is 12.6 Å². The highest BCUT2D eigenvalue weighted by Crippen LogP contribution is 2.23. The molecule has 0 spiro atoms. The van der Waals surface area contributed by atoms with Gasteiger partial charge in [0, 0.05) is 24.8 Å². The van der Waals surface area contributed by atoms with Crippen LogP contribution >= 0.6 is 24.0 Å². The van der Waals surface area contributed by atoms with Gasteiger partial charge in [-0.25, -0.2) is 4.99 Å². The van der Waals surface area contributed by atoms with E-state index in [4.69, 9.17) is 15.2 Å². The highest BCUT2D eigenvalue weighted by Gasteiger charge is 2.22. The maximum Gasteiger partial charge on any atom is 0.188 e. The van der Waals surface area contributed by atoms with E-state index in [2.05, 4.69) is 47.3 Å². The van der Waals surface area contributed by atoms with Crippen molar-refractivity contribution in [2.45, 2.75) is 58.2 Å². The summed E-state index contributed by atoms with van der Waals surface area (Å²) in [5, 5.41) is 3.29. The van der Waals surface area contributed by atoms with Crippen LogP contribution in [0.3, 0.4) is 0 Å². The van der Waals surface area contributed by atoms with Crippen LogP contribution in [0.25, 0.3) is 0 Å². The SMILES string of the molecule is CCN1CCCC1CNC(N)=NCc1ccc(C)cc1OCC1CCCO1.I. The predicted octanol–water partition coefficient (Wildman–Crippen LogP) is 3.06. The van der Waals surface area contributed by atoms with E-state index in [0.29, 0.717) is 25.2 Å². The number of benzene rings is 1. The highest BCUT2D eigenvalue weighted by molar-refractivity contribution is 14.0. The fraction of sp³-hybridized carbons (Fsp3) is 0.667. The molecule has 7 heteroatoms. The zero-order valence-electron chi connectivity index (χ0n) is 17.2. The molecule has 28 heavy (non-hydrogen) atoms. The summed E-state index contributed by atoms with van der Waals surface area (Å²) in [6, 6.07) is 6.80. The number of nitrogens with zero attached hydrogens (tertiary/aromatic N) is 2. The minimum absolute atomic E-state index is 0. The van der Waals surface area contributed by atoms with E-state index < -0.39 is 0 Å². The van der Waals surface area contributed by atoms with Crippen LogP contribution in [0.4, 0.5) is 0 Å². The summed E-state index contributed by atoms with van der Waals surface area (Å²) in [5.41, 5.74) is 8.33. The van der Waals surface area contributed by atoms with Crippen molar-refractivity contribution in [1.29, 1.82) is 0 Å². The Morgan fingerprint density at radius 1 is 1.36 bits per heavy atom. The lowest BCUT2D eigenvalue weighted by Gasteiger charge is -2.23. The standard InChI is InChI=1S/C21H34N4O2.HI/c1-3-25-10-4-6-18(25)14-24-21(22)23-13-17-9-8-16(2)12-20(17)27-15-19-7-5-11-26-19;/h8-9,12,18-19H,3-7,10-11,13-15H2,1-2H3,(H3,22,23,24);1H. The Morgan fingerprint density at radius 3 is 2.96 bits per heavy atom. The highest BCUT2D eigenvalue weighted by atomic mass is 127. The molecule has 2 unspecified atom stereocenters. The number of aliphatic imine (C=N–C) groups is 1. The Bertz CT molecular complexity index is 635. The van der Waals surface area contributed by atoms with Gasteiger partial charge >= 0.3 is 0 Å². The molecule has 2 heterocycles. The fourth-order valence-corrected chi connectivity index (χ4v) is 3.88. The van der Waals surface area contributed by atoms with Crippen molar-refractivity contribution in [2.24, 2.45) is 10.7 Å². The lowest BCUT2D eigenvalue weighted by atomic mass is 10.1. The van der Waals surface area contributed by atoms with E-state index in [1.165, 1.54) is 24.9 Å². The number of halogens is 1. The molecule has 2 aliphatic rings. The first-order valence-corrected chi connectivity index (χ1v) is 10.3. The Hall–Kier alpha value is -1.06. The molecule has 2 fully saturated rings. The fourth-order valence-electron chi connectivity index (χ4n) is 3.88. The van der Waals surface area contributed by atoms with Gasteiger partial charge in [-0.3, -0.25) is 4.90 Å². The second-order valence-electron chi connectivity index (χ2n) is 7.56. The van der Waals surface area contributed by atoms with Crippen LogP contribution in [-0.2, 0) is 11.3 Å². The second kappa shape index (κ2) is 11.8. The lowest BCUT2D eigenvalue weighted by Crippen LogP contribution is -2.42. The van der Waals surface area contributed by atoms with Crippen molar-refractivity contribution in [2.75, 3.05) is 32.8 Å². The van der Waals surface area contributed by atoms with Gasteiger partial charge in [0.15, 0.2) is 5.96 Å². The van der Waals surface area contributed by atoms with Gasteiger partial charge in [0.2, 0.25) is 0 Å². The van der Waals surface area contributed by atoms with Crippen molar-refractivity contribution in [1.82, 2.24) is 10.2 Å². The van der Waals surface area contributed by atoms with Gasteiger partial charge in [0.25, 0.3) is 0 Å². The van der Waals surface area contributed by atoms with E-state index in [9.17, 15) is 0 Å². The normalized spacial score (nSPS) is 22.9. The Balaban J connectivity index is 0.00000280. The summed E-state index contributed by atoms with van der Waals surface area (Å²) < 4.78 is 11.7. The first kappa shape index (κ1) is 23.2. The van der Waals surface area contributed by atoms with E-state index in [1.807, 2.05) is 0 Å². The zero-order chi connectivity index (χ0) is 19.1. The third-order valence-corrected chi connectivity index (χ3v) is 5.52. The number of nitrogens with two attached hydrogens (primary N) is 1. The average Bonchev–Trinajstić information content (AvgIpc) is 3.35. The third-order valence-electron chi connectivity index (χ3n) is 5.52. The molecule has 6 nitrogen and oxygen atoms in total. The van der Waals surface area contributed by atoms with Gasteiger partial charge in [-0.05, 0) is 57.3 Å². The van der Waals surface area contributed by atoms with Gasteiger partial charge in [0.1, 0.15) is 12.4 Å². The van der Waals surface area contributed by atoms with Gasteiger partial charge in [-0.2, -0.15) is 0 Å². The largest absolute Gasteiger partial charge is 0.491 e. The number of rotatable bonds is 8. The molecule has 2 aliphatic heterocycles. The first-order valence-electron chi connectivity index (χ1n) is 10.3. The summed E-state index contributed by atoms with van der Waals surface area (Å²) in [4.78, 5) is 7.03. The molecule has 0 bridgehead atoms. The maximum atomic E-state index is 6.10. The number of hydrogen-bond donors (Lipinski definition) is 2. The van der Waals surface area contributed by atoms with Gasteiger partial charge < -0.3 is 20.5 Å². The molecule has 2 saturated heterocycles. The minimum atomic E-state index is 0. The minimum Gasteiger partial charge on any atom is -0.491 e. The van der Waals surface area contributed by atoms with E-state index in [0.717, 1.165) is 43.9 Å². The summed E-state index contributed by atoms with van der Waals surface area (Å²) >= 11 is 0. The quantitative estimate of drug-likeness (QED) is 0.325. The summed E-state index contributed by atoms with van der Waals surface area (Å²) in [6.07, 6.45) is 4.91. The van der Waals surface area contributed by atoms with Crippen LogP contribution in [0, 0.1) is 6.92 Å². The zero-order valence-corrected chi connectivity index (χ0v) is 19.5. The molecule has 0 radical (unpaired) electrons. The number of hydrogen-bond acceptors (Lipinski definition) is 4. The van der Waals surface area contributed by atoms with E-state index >= 15 is 0 Å². The Kier molecular flexibility index (Phi) is 9.81. The second-order valence-corrected chi connectivity index (χ2v) is 7.56. The number of nitrogens with one attached hydrogen (secondary N) is 1. The van der Waals surface area contributed by atoms with Crippen molar-refractivity contribution in [3.8, 4) is 5.75 Å². The van der Waals surface area contributed by atoms with Crippen molar-refractivity contribution in [3.63, 3.8) is 0 Å². The number of ether oxygens (including phenoxy) is 2. The summed E-state index contributed by atoms with van der Waals surface area (Å²) in [7, 11) is 0. The first-order chi connectivity index (χ1) is 13.2. The molecule has 1 aromatic rings. The van der Waals surface area contributed by atoms with Crippen LogP contribution in [0.15, 0.2) is 23.2 Å². The summed E-state index contributed by atoms with van der Waals surface area (Å²) in [5.74, 6) is 1.39.